The molecule has 0 aromatic carbocycles. The molecule has 0 saturated carbocycles. The molecule has 0 bridgehead atoms. The number of piperidine rings is 2. The first kappa shape index (κ1) is 15.3. The van der Waals surface area contributed by atoms with Gasteiger partial charge in [0, 0.05) is 25.2 Å². The van der Waals surface area contributed by atoms with Gasteiger partial charge in [0.15, 0.2) is 0 Å². The molecule has 2 heterocycles. The highest BCUT2D eigenvalue weighted by atomic mass is 16.3. The molecule has 3 nitrogen and oxygen atoms in total. The summed E-state index contributed by atoms with van der Waals surface area (Å²) in [7, 11) is 0. The molecule has 19 heavy (non-hydrogen) atoms. The molecule has 0 spiro atoms. The molecule has 0 aromatic rings. The van der Waals surface area contributed by atoms with Gasteiger partial charge in [-0.1, -0.05) is 13.8 Å². The van der Waals surface area contributed by atoms with Crippen molar-refractivity contribution in [1.29, 1.82) is 0 Å². The fourth-order valence-corrected chi connectivity index (χ4v) is 3.62. The Morgan fingerprint density at radius 2 is 1.47 bits per heavy atom. The molecule has 2 aliphatic rings. The molecule has 2 fully saturated rings. The highest BCUT2D eigenvalue weighted by molar-refractivity contribution is 4.91. The van der Waals surface area contributed by atoms with E-state index >= 15 is 0 Å². The Kier molecular flexibility index (Phi) is 4.91. The zero-order valence-corrected chi connectivity index (χ0v) is 13.2. The van der Waals surface area contributed by atoms with Gasteiger partial charge in [0.2, 0.25) is 0 Å². The number of likely N-dealkylation sites (tertiary alicyclic amines) is 2. The van der Waals surface area contributed by atoms with E-state index in [1.54, 1.807) is 0 Å². The topological polar surface area (TPSA) is 26.7 Å². The number of aliphatic hydroxyl groups is 1. The van der Waals surface area contributed by atoms with Gasteiger partial charge >= 0.3 is 0 Å². The average Bonchev–Trinajstić information content (AvgIpc) is 2.39. The maximum atomic E-state index is 10.5. The van der Waals surface area contributed by atoms with Crippen LogP contribution in [0.3, 0.4) is 0 Å². The predicted octanol–water partition coefficient (Wildman–Crippen LogP) is 2.34. The van der Waals surface area contributed by atoms with E-state index in [4.69, 9.17) is 0 Å². The summed E-state index contributed by atoms with van der Waals surface area (Å²) >= 11 is 0. The number of hydrogen-bond acceptors (Lipinski definition) is 3. The van der Waals surface area contributed by atoms with Crippen molar-refractivity contribution in [2.24, 2.45) is 5.92 Å². The van der Waals surface area contributed by atoms with Gasteiger partial charge in [-0.2, -0.15) is 0 Å². The lowest BCUT2D eigenvalue weighted by molar-refractivity contribution is -0.0684. The van der Waals surface area contributed by atoms with E-state index in [0.717, 1.165) is 32.0 Å². The first-order valence-corrected chi connectivity index (χ1v) is 8.13. The number of hydrogen-bond donors (Lipinski definition) is 1. The van der Waals surface area contributed by atoms with Crippen molar-refractivity contribution in [2.75, 3.05) is 26.2 Å². The summed E-state index contributed by atoms with van der Waals surface area (Å²) in [6.45, 7) is 13.5. The number of rotatable bonds is 3. The van der Waals surface area contributed by atoms with Crippen LogP contribution in [0.2, 0.25) is 0 Å². The van der Waals surface area contributed by atoms with Crippen LogP contribution >= 0.6 is 0 Å². The van der Waals surface area contributed by atoms with Crippen LogP contribution in [0, 0.1) is 5.92 Å². The zero-order valence-electron chi connectivity index (χ0n) is 13.2. The van der Waals surface area contributed by atoms with Gasteiger partial charge in [0.05, 0.1) is 5.60 Å². The minimum atomic E-state index is -0.408. The third-order valence-corrected chi connectivity index (χ3v) is 5.48. The Balaban J connectivity index is 1.80. The maximum absolute atomic E-state index is 10.5. The summed E-state index contributed by atoms with van der Waals surface area (Å²) in [5, 5.41) is 10.5. The van der Waals surface area contributed by atoms with Crippen LogP contribution in [0.5, 0.6) is 0 Å². The Morgan fingerprint density at radius 3 is 1.89 bits per heavy atom. The Bertz CT molecular complexity index is 274. The Labute approximate surface area is 119 Å². The molecular weight excluding hydrogens is 236 g/mol. The third kappa shape index (κ3) is 3.50. The minimum absolute atomic E-state index is 0.387. The normalized spacial score (nSPS) is 27.3. The Hall–Kier alpha value is -0.120. The molecule has 0 radical (unpaired) electrons. The molecule has 0 aliphatic carbocycles. The summed E-state index contributed by atoms with van der Waals surface area (Å²) in [6, 6.07) is 1.44. The van der Waals surface area contributed by atoms with Gasteiger partial charge in [-0.3, -0.25) is 0 Å². The van der Waals surface area contributed by atoms with Crippen LogP contribution in [0.4, 0.5) is 0 Å². The molecule has 2 aliphatic heterocycles. The quantitative estimate of drug-likeness (QED) is 0.851. The molecule has 1 N–H and O–H groups in total. The fourth-order valence-electron chi connectivity index (χ4n) is 3.62. The van der Waals surface area contributed by atoms with Gasteiger partial charge in [0.25, 0.3) is 0 Å². The molecule has 0 unspecified atom stereocenters. The Morgan fingerprint density at radius 1 is 0.947 bits per heavy atom. The lowest BCUT2D eigenvalue weighted by Crippen LogP contribution is -2.53. The summed E-state index contributed by atoms with van der Waals surface area (Å²) in [4.78, 5) is 5.22. The summed E-state index contributed by atoms with van der Waals surface area (Å²) in [6.07, 6.45) is 4.51. The van der Waals surface area contributed by atoms with Crippen molar-refractivity contribution in [3.8, 4) is 0 Å². The molecule has 0 atom stereocenters. The van der Waals surface area contributed by atoms with Gasteiger partial charge in [-0.25, -0.2) is 0 Å². The predicted molar refractivity (Wildman–Crippen MR) is 80.3 cm³/mol. The van der Waals surface area contributed by atoms with Gasteiger partial charge in [-0.15, -0.1) is 0 Å². The SMILES string of the molecule is CC(C)N1CCC(N2CCC(O)(C(C)C)CC2)CC1. The number of nitrogens with zero attached hydrogens (tertiary/aromatic N) is 2. The average molecular weight is 268 g/mol. The monoisotopic (exact) mass is 268 g/mol. The second kappa shape index (κ2) is 6.11. The molecule has 2 saturated heterocycles. The zero-order chi connectivity index (χ0) is 14.0. The third-order valence-electron chi connectivity index (χ3n) is 5.48. The molecule has 2 rings (SSSR count). The first-order chi connectivity index (χ1) is 8.92. The molecule has 0 amide bonds. The van der Waals surface area contributed by atoms with Gasteiger partial charge in [-0.05, 0) is 58.5 Å². The van der Waals surface area contributed by atoms with E-state index in [-0.39, 0.29) is 0 Å². The van der Waals surface area contributed by atoms with Crippen molar-refractivity contribution < 1.29 is 5.11 Å². The van der Waals surface area contributed by atoms with E-state index in [9.17, 15) is 5.11 Å². The summed E-state index contributed by atoms with van der Waals surface area (Å²) < 4.78 is 0. The summed E-state index contributed by atoms with van der Waals surface area (Å²) in [5.41, 5.74) is -0.408. The van der Waals surface area contributed by atoms with E-state index in [1.807, 2.05) is 0 Å². The maximum Gasteiger partial charge on any atom is 0.0694 e. The fraction of sp³-hybridized carbons (Fsp3) is 1.00. The van der Waals surface area contributed by atoms with Crippen molar-refractivity contribution in [3.63, 3.8) is 0 Å². The van der Waals surface area contributed by atoms with Gasteiger partial charge < -0.3 is 14.9 Å². The molecule has 112 valence electrons. The van der Waals surface area contributed by atoms with Crippen LogP contribution in [-0.2, 0) is 0 Å². The van der Waals surface area contributed by atoms with E-state index in [1.165, 1.54) is 25.9 Å². The molecule has 3 heteroatoms. The highest BCUT2D eigenvalue weighted by Crippen LogP contribution is 2.31. The van der Waals surface area contributed by atoms with Crippen LogP contribution in [0.25, 0.3) is 0 Å². The van der Waals surface area contributed by atoms with E-state index in [0.29, 0.717) is 12.0 Å². The largest absolute Gasteiger partial charge is 0.390 e. The molecular formula is C16H32N2O. The molecule has 0 aromatic heterocycles. The van der Waals surface area contributed by atoms with Crippen molar-refractivity contribution in [2.45, 2.75) is 71.1 Å². The van der Waals surface area contributed by atoms with Crippen LogP contribution in [0.1, 0.15) is 53.4 Å². The smallest absolute Gasteiger partial charge is 0.0694 e. The van der Waals surface area contributed by atoms with E-state index < -0.39 is 5.60 Å². The van der Waals surface area contributed by atoms with Crippen molar-refractivity contribution >= 4 is 0 Å². The van der Waals surface area contributed by atoms with Gasteiger partial charge in [0.1, 0.15) is 0 Å². The second-order valence-electron chi connectivity index (χ2n) is 7.16. The van der Waals surface area contributed by atoms with Crippen LogP contribution < -0.4 is 0 Å². The lowest BCUT2D eigenvalue weighted by atomic mass is 9.81. The minimum Gasteiger partial charge on any atom is -0.390 e. The highest BCUT2D eigenvalue weighted by Gasteiger charge is 2.37. The van der Waals surface area contributed by atoms with Crippen molar-refractivity contribution in [3.05, 3.63) is 0 Å². The standard InChI is InChI=1S/C16H32N2O/c1-13(2)16(19)7-11-18(12-8-16)15-5-9-17(10-6-15)14(3)4/h13-15,19H,5-12H2,1-4H3. The van der Waals surface area contributed by atoms with Crippen LogP contribution in [0.15, 0.2) is 0 Å². The van der Waals surface area contributed by atoms with Crippen molar-refractivity contribution in [1.82, 2.24) is 9.80 Å². The summed E-state index contributed by atoms with van der Waals surface area (Å²) in [5.74, 6) is 0.387. The lowest BCUT2D eigenvalue weighted by Gasteiger charge is -2.46. The first-order valence-electron chi connectivity index (χ1n) is 8.13. The van der Waals surface area contributed by atoms with Crippen LogP contribution in [-0.4, -0.2) is 58.8 Å². The second-order valence-corrected chi connectivity index (χ2v) is 7.16. The van der Waals surface area contributed by atoms with E-state index in [2.05, 4.69) is 37.5 Å².